The molecule has 3 N–H and O–H groups in total. The highest BCUT2D eigenvalue weighted by Gasteiger charge is 2.21. The lowest BCUT2D eigenvalue weighted by molar-refractivity contribution is 0.174. The predicted octanol–water partition coefficient (Wildman–Crippen LogP) is 2.59. The molecule has 0 atom stereocenters. The molecule has 2 aliphatic heterocycles. The molecule has 2 aliphatic rings. The summed E-state index contributed by atoms with van der Waals surface area (Å²) in [6.07, 6.45) is 0.837. The maximum absolute atomic E-state index is 12.5. The highest BCUT2D eigenvalue weighted by molar-refractivity contribution is 5.90. The van der Waals surface area contributed by atoms with Crippen LogP contribution in [0.1, 0.15) is 11.1 Å². The third-order valence-corrected chi connectivity index (χ3v) is 4.15. The first-order valence-electron chi connectivity index (χ1n) is 7.52. The van der Waals surface area contributed by atoms with Crippen molar-refractivity contribution in [3.05, 3.63) is 47.5 Å². The Hall–Kier alpha value is -2.89. The fourth-order valence-corrected chi connectivity index (χ4v) is 2.93. The minimum Gasteiger partial charge on any atom is -0.454 e. The fraction of sp³-hybridized carbons (Fsp3) is 0.235. The van der Waals surface area contributed by atoms with Crippen LogP contribution in [-0.2, 0) is 13.0 Å². The van der Waals surface area contributed by atoms with E-state index in [1.165, 1.54) is 5.56 Å². The Balaban J connectivity index is 1.47. The number of carbonyl (C=O) groups excluding carboxylic acids is 1. The largest absolute Gasteiger partial charge is 0.454 e. The van der Waals surface area contributed by atoms with E-state index in [9.17, 15) is 4.79 Å². The predicted molar refractivity (Wildman–Crippen MR) is 86.6 cm³/mol. The van der Waals surface area contributed by atoms with Crippen molar-refractivity contribution in [1.29, 1.82) is 0 Å². The van der Waals surface area contributed by atoms with Crippen molar-refractivity contribution < 1.29 is 14.3 Å². The zero-order chi connectivity index (χ0) is 15.8. The van der Waals surface area contributed by atoms with Crippen LogP contribution in [0.25, 0.3) is 0 Å². The van der Waals surface area contributed by atoms with Gasteiger partial charge < -0.3 is 25.4 Å². The van der Waals surface area contributed by atoms with Crippen LogP contribution in [0.2, 0.25) is 0 Å². The van der Waals surface area contributed by atoms with Gasteiger partial charge >= 0.3 is 6.03 Å². The van der Waals surface area contributed by atoms with Crippen LogP contribution in [-0.4, -0.2) is 24.3 Å². The molecule has 0 aliphatic carbocycles. The Labute approximate surface area is 133 Å². The van der Waals surface area contributed by atoms with Gasteiger partial charge in [0, 0.05) is 30.5 Å². The highest BCUT2D eigenvalue weighted by atomic mass is 16.7. The van der Waals surface area contributed by atoms with Gasteiger partial charge in [0.15, 0.2) is 11.5 Å². The average molecular weight is 311 g/mol. The number of nitrogens with two attached hydrogens (primary N) is 1. The van der Waals surface area contributed by atoms with Gasteiger partial charge in [-0.15, -0.1) is 0 Å². The van der Waals surface area contributed by atoms with E-state index in [4.69, 9.17) is 15.2 Å². The topological polar surface area (TPSA) is 76.8 Å². The minimum absolute atomic E-state index is 0.128. The van der Waals surface area contributed by atoms with Crippen LogP contribution >= 0.6 is 0 Å². The summed E-state index contributed by atoms with van der Waals surface area (Å²) in [5.74, 6) is 1.35. The molecule has 0 aromatic heterocycles. The number of rotatable bonds is 1. The molecule has 6 heteroatoms. The first-order chi connectivity index (χ1) is 11.2. The second-order valence-electron chi connectivity index (χ2n) is 5.70. The number of nitrogens with zero attached hydrogens (tertiary/aromatic N) is 1. The average Bonchev–Trinajstić information content (AvgIpc) is 3.01. The molecule has 0 radical (unpaired) electrons. The Kier molecular flexibility index (Phi) is 3.22. The standard InChI is InChI=1S/C17H17N3O3/c18-13-2-1-11-5-6-20(9-12(11)7-13)17(21)19-14-3-4-15-16(8-14)23-10-22-15/h1-4,7-8H,5-6,9-10,18H2,(H,19,21). The molecule has 2 heterocycles. The van der Waals surface area contributed by atoms with Crippen LogP contribution in [0.5, 0.6) is 11.5 Å². The van der Waals surface area contributed by atoms with Gasteiger partial charge in [0.05, 0.1) is 0 Å². The summed E-state index contributed by atoms with van der Waals surface area (Å²) in [6.45, 7) is 1.47. The van der Waals surface area contributed by atoms with Crippen LogP contribution in [0.3, 0.4) is 0 Å². The van der Waals surface area contributed by atoms with Crippen molar-refractivity contribution in [3.63, 3.8) is 0 Å². The molecular formula is C17H17N3O3. The Morgan fingerprint density at radius 1 is 1.09 bits per heavy atom. The Morgan fingerprint density at radius 2 is 1.96 bits per heavy atom. The zero-order valence-electron chi connectivity index (χ0n) is 12.5. The number of benzene rings is 2. The summed E-state index contributed by atoms with van der Waals surface area (Å²) in [5, 5.41) is 2.91. The fourth-order valence-electron chi connectivity index (χ4n) is 2.93. The van der Waals surface area contributed by atoms with E-state index in [0.717, 1.165) is 17.7 Å². The van der Waals surface area contributed by atoms with Crippen LogP contribution < -0.4 is 20.5 Å². The van der Waals surface area contributed by atoms with Gasteiger partial charge in [0.2, 0.25) is 6.79 Å². The number of fused-ring (bicyclic) bond motifs is 2. The first kappa shape index (κ1) is 13.8. The molecule has 0 bridgehead atoms. The van der Waals surface area contributed by atoms with Gasteiger partial charge in [-0.05, 0) is 41.8 Å². The van der Waals surface area contributed by atoms with E-state index >= 15 is 0 Å². The van der Waals surface area contributed by atoms with Gasteiger partial charge in [0.25, 0.3) is 0 Å². The molecule has 118 valence electrons. The van der Waals surface area contributed by atoms with E-state index in [-0.39, 0.29) is 12.8 Å². The van der Waals surface area contributed by atoms with Crippen molar-refractivity contribution in [1.82, 2.24) is 4.90 Å². The lowest BCUT2D eigenvalue weighted by Gasteiger charge is -2.29. The Bertz CT molecular complexity index is 776. The minimum atomic E-state index is -0.128. The molecule has 6 nitrogen and oxygen atoms in total. The molecule has 0 saturated carbocycles. The number of anilines is 2. The third-order valence-electron chi connectivity index (χ3n) is 4.15. The van der Waals surface area contributed by atoms with Crippen molar-refractivity contribution in [2.24, 2.45) is 0 Å². The van der Waals surface area contributed by atoms with Crippen molar-refractivity contribution in [2.75, 3.05) is 24.4 Å². The number of ether oxygens (including phenoxy) is 2. The van der Waals surface area contributed by atoms with Crippen molar-refractivity contribution in [2.45, 2.75) is 13.0 Å². The number of amides is 2. The molecule has 23 heavy (non-hydrogen) atoms. The molecule has 2 aromatic carbocycles. The number of nitrogen functional groups attached to an aromatic ring is 1. The maximum atomic E-state index is 12.5. The molecule has 2 amide bonds. The van der Waals surface area contributed by atoms with E-state index < -0.39 is 0 Å². The highest BCUT2D eigenvalue weighted by Crippen LogP contribution is 2.34. The number of nitrogens with one attached hydrogen (secondary N) is 1. The monoisotopic (exact) mass is 311 g/mol. The molecule has 2 aromatic rings. The van der Waals surface area contributed by atoms with E-state index in [2.05, 4.69) is 5.32 Å². The molecule has 0 fully saturated rings. The molecule has 0 unspecified atom stereocenters. The SMILES string of the molecule is Nc1ccc2c(c1)CN(C(=O)Nc1ccc3c(c1)OCO3)CC2. The number of carbonyl (C=O) groups is 1. The van der Waals surface area contributed by atoms with E-state index in [1.807, 2.05) is 18.2 Å². The molecule has 0 saturated heterocycles. The van der Waals surface area contributed by atoms with E-state index in [0.29, 0.717) is 30.3 Å². The van der Waals surface area contributed by atoms with Gasteiger partial charge in [-0.3, -0.25) is 0 Å². The smallest absolute Gasteiger partial charge is 0.322 e. The molecule has 4 rings (SSSR count). The quantitative estimate of drug-likeness (QED) is 0.794. The number of hydrogen-bond acceptors (Lipinski definition) is 4. The lowest BCUT2D eigenvalue weighted by atomic mass is 9.99. The summed E-state index contributed by atoms with van der Waals surface area (Å²) >= 11 is 0. The van der Waals surface area contributed by atoms with Crippen molar-refractivity contribution in [3.8, 4) is 11.5 Å². The summed E-state index contributed by atoms with van der Waals surface area (Å²) in [7, 11) is 0. The first-order valence-corrected chi connectivity index (χ1v) is 7.52. The number of hydrogen-bond donors (Lipinski definition) is 2. The summed E-state index contributed by atoms with van der Waals surface area (Å²) < 4.78 is 10.6. The third kappa shape index (κ3) is 2.63. The van der Waals surface area contributed by atoms with Crippen LogP contribution in [0, 0.1) is 0 Å². The Morgan fingerprint density at radius 3 is 2.87 bits per heavy atom. The zero-order valence-corrected chi connectivity index (χ0v) is 12.5. The van der Waals surface area contributed by atoms with Crippen LogP contribution in [0.4, 0.5) is 16.2 Å². The van der Waals surface area contributed by atoms with Gasteiger partial charge in [-0.1, -0.05) is 6.07 Å². The maximum Gasteiger partial charge on any atom is 0.322 e. The van der Waals surface area contributed by atoms with Gasteiger partial charge in [-0.25, -0.2) is 4.79 Å². The number of urea groups is 1. The summed E-state index contributed by atoms with van der Waals surface area (Å²) in [6, 6.07) is 11.1. The van der Waals surface area contributed by atoms with Gasteiger partial charge in [0.1, 0.15) is 0 Å². The van der Waals surface area contributed by atoms with Gasteiger partial charge in [-0.2, -0.15) is 0 Å². The second kappa shape index (κ2) is 5.39. The van der Waals surface area contributed by atoms with Crippen molar-refractivity contribution >= 4 is 17.4 Å². The molecule has 0 spiro atoms. The normalized spacial score (nSPS) is 15.2. The lowest BCUT2D eigenvalue weighted by Crippen LogP contribution is -2.38. The van der Waals surface area contributed by atoms with E-state index in [1.54, 1.807) is 23.1 Å². The van der Waals surface area contributed by atoms with Crippen LogP contribution in [0.15, 0.2) is 36.4 Å². The summed E-state index contributed by atoms with van der Waals surface area (Å²) in [4.78, 5) is 14.3. The molecular weight excluding hydrogens is 294 g/mol. The summed E-state index contributed by atoms with van der Waals surface area (Å²) in [5.41, 5.74) is 9.61. The second-order valence-corrected chi connectivity index (χ2v) is 5.70.